The van der Waals surface area contributed by atoms with Crippen LogP contribution in [0.1, 0.15) is 19.6 Å². The molecule has 0 aromatic carbocycles. The Hall–Kier alpha value is -2.01. The number of nitrogens with zero attached hydrogens (tertiary/aromatic N) is 6. The van der Waals surface area contributed by atoms with Crippen molar-refractivity contribution in [3.63, 3.8) is 0 Å². The number of alkyl halides is 1. The summed E-state index contributed by atoms with van der Waals surface area (Å²) in [6, 6.07) is 1.57. The lowest BCUT2D eigenvalue weighted by Crippen LogP contribution is -2.35. The van der Waals surface area contributed by atoms with Gasteiger partial charge in [0.1, 0.15) is 30.1 Å². The van der Waals surface area contributed by atoms with Crippen LogP contribution in [0.3, 0.4) is 0 Å². The zero-order valence-corrected chi connectivity index (χ0v) is 20.6. The van der Waals surface area contributed by atoms with Gasteiger partial charge < -0.3 is 39.3 Å². The molecule has 0 aliphatic carbocycles. The van der Waals surface area contributed by atoms with Gasteiger partial charge in [-0.05, 0) is 16.7 Å². The SMILES string of the molecule is C[C@@](F)(N=[N+]=[N-])O[C@@H]1C[C@H](n2ccc3c(N)ncnc32)O[C@@H]1COP(=O)(O)OP(=O)(O)OP(=O)(O)O. The van der Waals surface area contributed by atoms with E-state index in [-0.39, 0.29) is 12.2 Å². The first-order chi connectivity index (χ1) is 16.5. The van der Waals surface area contributed by atoms with E-state index >= 15 is 0 Å². The summed E-state index contributed by atoms with van der Waals surface area (Å²) in [5.74, 6) is -2.72. The van der Waals surface area contributed by atoms with Crippen molar-refractivity contribution in [2.45, 2.75) is 37.8 Å². The molecule has 0 radical (unpaired) electrons. The van der Waals surface area contributed by atoms with Crippen LogP contribution >= 0.6 is 23.5 Å². The number of aromatic nitrogens is 3. The van der Waals surface area contributed by atoms with E-state index in [0.717, 1.165) is 6.92 Å². The Morgan fingerprint density at radius 1 is 1.31 bits per heavy atom. The summed E-state index contributed by atoms with van der Waals surface area (Å²) in [7, 11) is -16.8. The number of nitrogens with two attached hydrogens (primary N) is 1. The highest BCUT2D eigenvalue weighted by molar-refractivity contribution is 7.66. The lowest BCUT2D eigenvalue weighted by Gasteiger charge is -2.24. The summed E-state index contributed by atoms with van der Waals surface area (Å²) >= 11 is 0. The van der Waals surface area contributed by atoms with Crippen molar-refractivity contribution in [2.24, 2.45) is 5.11 Å². The van der Waals surface area contributed by atoms with Crippen LogP contribution in [0.2, 0.25) is 0 Å². The fourth-order valence-corrected chi connectivity index (χ4v) is 6.25. The van der Waals surface area contributed by atoms with E-state index in [1.165, 1.54) is 17.1 Å². The second kappa shape index (κ2) is 10.4. The van der Waals surface area contributed by atoms with Crippen molar-refractivity contribution in [2.75, 3.05) is 12.3 Å². The molecule has 200 valence electrons. The van der Waals surface area contributed by atoms with Gasteiger partial charge in [0.05, 0.1) is 18.1 Å². The van der Waals surface area contributed by atoms with E-state index in [0.29, 0.717) is 11.0 Å². The molecule has 0 amide bonds. The Morgan fingerprint density at radius 2 is 2.00 bits per heavy atom. The van der Waals surface area contributed by atoms with E-state index in [2.05, 4.69) is 33.1 Å². The topological polar surface area (TPSA) is 284 Å². The standard InChI is InChI=1S/C13H19FN7O12P3/c1-13(14,19-20-16)31-8-4-10(21-3-2-7-11(15)17-6-18-12(7)21)30-9(8)5-29-35(25,26)33-36(27,28)32-34(22,23)24/h2-3,6,8-10H,4-5H2,1H3,(H,25,26)(H,27,28)(H2,15,17,18)(H2,22,23,24)/t8-,9-,10-,13-/m1/s1. The largest absolute Gasteiger partial charge is 0.490 e. The molecule has 23 heteroatoms. The smallest absolute Gasteiger partial charge is 0.383 e. The molecule has 2 unspecified atom stereocenters. The lowest BCUT2D eigenvalue weighted by atomic mass is 10.2. The van der Waals surface area contributed by atoms with E-state index in [1.54, 1.807) is 6.07 Å². The molecule has 1 fully saturated rings. The molecule has 0 spiro atoms. The number of hydrogen-bond acceptors (Lipinski definition) is 12. The Bertz CT molecular complexity index is 1310. The molecule has 6 N–H and O–H groups in total. The minimum atomic E-state index is -5.76. The van der Waals surface area contributed by atoms with Crippen LogP contribution in [0.15, 0.2) is 23.7 Å². The summed E-state index contributed by atoms with van der Waals surface area (Å²) < 4.78 is 73.0. The number of halogens is 1. The zero-order chi connectivity index (χ0) is 26.9. The summed E-state index contributed by atoms with van der Waals surface area (Å²) in [6.45, 7) is -0.147. The molecule has 2 aromatic rings. The number of rotatable bonds is 11. The average molecular weight is 577 g/mol. The predicted octanol–water partition coefficient (Wildman–Crippen LogP) is 1.98. The molecule has 1 aliphatic rings. The second-order valence-corrected chi connectivity index (χ2v) is 11.6. The van der Waals surface area contributed by atoms with Gasteiger partial charge in [-0.3, -0.25) is 4.52 Å². The first-order valence-corrected chi connectivity index (χ1v) is 14.0. The molecule has 2 aromatic heterocycles. The van der Waals surface area contributed by atoms with Gasteiger partial charge in [0.2, 0.25) is 0 Å². The summed E-state index contributed by atoms with van der Waals surface area (Å²) in [5.41, 5.74) is 14.7. The maximum absolute atomic E-state index is 14.5. The lowest BCUT2D eigenvalue weighted by molar-refractivity contribution is -0.178. The van der Waals surface area contributed by atoms with Gasteiger partial charge in [0, 0.05) is 24.5 Å². The molecular weight excluding hydrogens is 558 g/mol. The molecule has 6 atom stereocenters. The molecule has 19 nitrogen and oxygen atoms in total. The number of hydrogen-bond donors (Lipinski definition) is 5. The van der Waals surface area contributed by atoms with E-state index in [9.17, 15) is 27.9 Å². The fourth-order valence-electron chi connectivity index (χ4n) is 3.22. The van der Waals surface area contributed by atoms with E-state index in [4.69, 9.17) is 30.5 Å². The third-order valence-electron chi connectivity index (χ3n) is 4.44. The number of phosphoric acid groups is 3. The molecule has 36 heavy (non-hydrogen) atoms. The fraction of sp³-hybridized carbons (Fsp3) is 0.538. The highest BCUT2D eigenvalue weighted by atomic mass is 31.3. The van der Waals surface area contributed by atoms with Crippen molar-refractivity contribution >= 4 is 40.3 Å². The van der Waals surface area contributed by atoms with Gasteiger partial charge in [-0.15, -0.1) is 0 Å². The van der Waals surface area contributed by atoms with E-state index in [1.807, 2.05) is 0 Å². The number of azide groups is 1. The van der Waals surface area contributed by atoms with Gasteiger partial charge in [-0.1, -0.05) is 0 Å². The van der Waals surface area contributed by atoms with Crippen LogP contribution in [0.4, 0.5) is 10.2 Å². The van der Waals surface area contributed by atoms with Crippen LogP contribution in [-0.2, 0) is 36.3 Å². The number of phosphoric ester groups is 1. The average Bonchev–Trinajstić information content (AvgIpc) is 3.28. The van der Waals surface area contributed by atoms with Gasteiger partial charge in [0.15, 0.2) is 0 Å². The van der Waals surface area contributed by atoms with Gasteiger partial charge >= 0.3 is 23.5 Å². The van der Waals surface area contributed by atoms with Gasteiger partial charge in [-0.25, -0.2) is 28.1 Å². The maximum Gasteiger partial charge on any atom is 0.490 e. The maximum atomic E-state index is 14.5. The Balaban J connectivity index is 1.80. The summed E-state index contributed by atoms with van der Waals surface area (Å²) in [4.78, 5) is 46.4. The number of nitrogen functional groups attached to an aromatic ring is 1. The van der Waals surface area contributed by atoms with Gasteiger partial charge in [-0.2, -0.15) is 8.62 Å². The van der Waals surface area contributed by atoms with Crippen molar-refractivity contribution < 1.29 is 60.3 Å². The first-order valence-electron chi connectivity index (χ1n) is 9.45. The van der Waals surface area contributed by atoms with Crippen LogP contribution in [0.5, 0.6) is 0 Å². The third-order valence-corrected chi connectivity index (χ3v) is 8.24. The second-order valence-electron chi connectivity index (χ2n) is 7.19. The molecule has 3 rings (SSSR count). The minimum absolute atomic E-state index is 0.140. The normalized spacial score (nSPS) is 25.6. The van der Waals surface area contributed by atoms with E-state index < -0.39 is 54.5 Å². The Morgan fingerprint density at radius 3 is 2.64 bits per heavy atom. The van der Waals surface area contributed by atoms with Gasteiger partial charge in [0.25, 0.3) is 5.98 Å². The molecular formula is C13H19FN7O12P3. The van der Waals surface area contributed by atoms with Crippen LogP contribution in [-0.4, -0.2) is 58.9 Å². The Labute approximate surface area is 200 Å². The zero-order valence-electron chi connectivity index (χ0n) is 17.9. The highest BCUT2D eigenvalue weighted by Crippen LogP contribution is 2.66. The van der Waals surface area contributed by atoms with Crippen molar-refractivity contribution in [1.82, 2.24) is 14.5 Å². The van der Waals surface area contributed by atoms with Crippen molar-refractivity contribution in [1.29, 1.82) is 0 Å². The molecule has 0 saturated carbocycles. The number of anilines is 1. The highest BCUT2D eigenvalue weighted by Gasteiger charge is 2.45. The predicted molar refractivity (Wildman–Crippen MR) is 114 cm³/mol. The quantitative estimate of drug-likeness (QED) is 0.0839. The number of fused-ring (bicyclic) bond motifs is 1. The van der Waals surface area contributed by atoms with Crippen LogP contribution in [0, 0.1) is 0 Å². The number of ether oxygens (including phenoxy) is 2. The summed E-state index contributed by atoms with van der Waals surface area (Å²) in [5, 5.41) is 3.32. The monoisotopic (exact) mass is 577 g/mol. The first kappa shape index (κ1) is 28.6. The van der Waals surface area contributed by atoms with Crippen molar-refractivity contribution in [3.8, 4) is 0 Å². The van der Waals surface area contributed by atoms with Crippen molar-refractivity contribution in [3.05, 3.63) is 29.0 Å². The van der Waals surface area contributed by atoms with Crippen LogP contribution in [0.25, 0.3) is 21.5 Å². The molecule has 1 saturated heterocycles. The molecule has 3 heterocycles. The third kappa shape index (κ3) is 7.50. The molecule has 0 bridgehead atoms. The van der Waals surface area contributed by atoms with Crippen LogP contribution < -0.4 is 5.73 Å². The Kier molecular flexibility index (Phi) is 8.25. The summed E-state index contributed by atoms with van der Waals surface area (Å²) in [6.07, 6.45) is -1.05. The molecule has 1 aliphatic heterocycles. The minimum Gasteiger partial charge on any atom is -0.383 e.